The number of benzene rings is 2. The van der Waals surface area contributed by atoms with Crippen LogP contribution in [0.2, 0.25) is 0 Å². The molecule has 1 saturated heterocycles. The van der Waals surface area contributed by atoms with Gasteiger partial charge in [0.15, 0.2) is 11.6 Å². The van der Waals surface area contributed by atoms with Crippen LogP contribution in [0.3, 0.4) is 0 Å². The van der Waals surface area contributed by atoms with Crippen molar-refractivity contribution in [2.24, 2.45) is 5.92 Å². The number of aromatic carboxylic acids is 1. The Kier molecular flexibility index (Phi) is 6.27. The van der Waals surface area contributed by atoms with Crippen LogP contribution in [0.15, 0.2) is 60.9 Å². The maximum absolute atomic E-state index is 14.5. The molecule has 1 aliphatic carbocycles. The van der Waals surface area contributed by atoms with E-state index >= 15 is 0 Å². The van der Waals surface area contributed by atoms with E-state index in [1.165, 1.54) is 12.4 Å². The number of carbonyl (C=O) groups is 3. The van der Waals surface area contributed by atoms with Crippen LogP contribution >= 0.6 is 0 Å². The van der Waals surface area contributed by atoms with Gasteiger partial charge >= 0.3 is 5.97 Å². The summed E-state index contributed by atoms with van der Waals surface area (Å²) in [5.41, 5.74) is 2.17. The number of para-hydroxylation sites is 1. The molecule has 212 valence electrons. The number of hydrogen-bond acceptors (Lipinski definition) is 8. The summed E-state index contributed by atoms with van der Waals surface area (Å²) in [7, 11) is 1.57. The van der Waals surface area contributed by atoms with Crippen LogP contribution < -0.4 is 14.8 Å². The Hall–Kier alpha value is -4.63. The normalized spacial score (nSPS) is 19.3. The van der Waals surface area contributed by atoms with E-state index < -0.39 is 23.3 Å². The van der Waals surface area contributed by atoms with E-state index in [0.717, 1.165) is 29.3 Å². The van der Waals surface area contributed by atoms with Crippen molar-refractivity contribution >= 4 is 28.4 Å². The highest BCUT2D eigenvalue weighted by Crippen LogP contribution is 2.46. The number of nitrogens with one attached hydrogen (secondary N) is 1. The summed E-state index contributed by atoms with van der Waals surface area (Å²) in [5.74, 6) is -1.67. The van der Waals surface area contributed by atoms with E-state index in [2.05, 4.69) is 10.3 Å². The Morgan fingerprint density at radius 1 is 1.07 bits per heavy atom. The molecule has 1 saturated carbocycles. The van der Waals surface area contributed by atoms with Gasteiger partial charge in [0.25, 0.3) is 0 Å². The van der Waals surface area contributed by atoms with Crippen LogP contribution in [0.4, 0.5) is 0 Å². The second-order valence-corrected chi connectivity index (χ2v) is 11.2. The van der Waals surface area contributed by atoms with Crippen LogP contribution in [0.25, 0.3) is 22.0 Å². The van der Waals surface area contributed by atoms with Gasteiger partial charge in [-0.25, -0.2) is 9.78 Å². The van der Waals surface area contributed by atoms with Crippen molar-refractivity contribution in [2.45, 2.75) is 37.2 Å². The largest absolute Gasteiger partial charge is 0.496 e. The summed E-state index contributed by atoms with van der Waals surface area (Å²) in [6.07, 6.45) is 5.88. The van der Waals surface area contributed by atoms with Crippen molar-refractivity contribution in [3.05, 3.63) is 83.3 Å². The zero-order chi connectivity index (χ0) is 29.0. The summed E-state index contributed by atoms with van der Waals surface area (Å²) >= 11 is 0. The summed E-state index contributed by atoms with van der Waals surface area (Å²) in [6, 6.07) is 14.2. The first-order valence-corrected chi connectivity index (χ1v) is 14.2. The number of carboxylic acid groups (broad SMARTS) is 1. The number of methoxy groups -OCH3 is 1. The molecule has 9 nitrogen and oxygen atoms in total. The lowest BCUT2D eigenvalue weighted by Gasteiger charge is -2.45. The van der Waals surface area contributed by atoms with Crippen LogP contribution in [-0.2, 0) is 0 Å². The van der Waals surface area contributed by atoms with Gasteiger partial charge in [-0.2, -0.15) is 0 Å². The lowest BCUT2D eigenvalue weighted by atomic mass is 9.71. The molecule has 42 heavy (non-hydrogen) atoms. The number of piperidine rings is 1. The predicted octanol–water partition coefficient (Wildman–Crippen LogP) is 5.08. The molecule has 3 aliphatic rings. The number of ketones is 2. The van der Waals surface area contributed by atoms with Crippen LogP contribution in [0.5, 0.6) is 11.5 Å². The van der Waals surface area contributed by atoms with Crippen molar-refractivity contribution in [3.63, 3.8) is 0 Å². The first-order chi connectivity index (χ1) is 20.4. The fraction of sp³-hybridized carbons (Fsp3) is 0.303. The molecular formula is C33H29N3O6. The summed E-state index contributed by atoms with van der Waals surface area (Å²) in [5, 5.41) is 13.8. The van der Waals surface area contributed by atoms with E-state index in [0.29, 0.717) is 54.5 Å². The molecule has 2 fully saturated rings. The van der Waals surface area contributed by atoms with Crippen molar-refractivity contribution in [1.29, 1.82) is 0 Å². The Morgan fingerprint density at radius 2 is 1.88 bits per heavy atom. The number of hydrogen-bond donors (Lipinski definition) is 2. The van der Waals surface area contributed by atoms with Gasteiger partial charge in [0.05, 0.1) is 23.8 Å². The van der Waals surface area contributed by atoms with E-state index in [9.17, 15) is 19.5 Å². The number of rotatable bonds is 6. The average Bonchev–Trinajstić information content (AvgIpc) is 3.86. The second kappa shape index (κ2) is 10.0. The van der Waals surface area contributed by atoms with Gasteiger partial charge in [-0.05, 0) is 72.8 Å². The maximum atomic E-state index is 14.5. The highest BCUT2D eigenvalue weighted by molar-refractivity contribution is 6.19. The third-order valence-electron chi connectivity index (χ3n) is 8.74. The van der Waals surface area contributed by atoms with Gasteiger partial charge in [0, 0.05) is 36.7 Å². The van der Waals surface area contributed by atoms with E-state index in [1.54, 1.807) is 37.4 Å². The van der Waals surface area contributed by atoms with Gasteiger partial charge in [-0.1, -0.05) is 18.2 Å². The van der Waals surface area contributed by atoms with Gasteiger partial charge in [-0.15, -0.1) is 0 Å². The molecular weight excluding hydrogens is 534 g/mol. The zero-order valence-electron chi connectivity index (χ0n) is 23.1. The highest BCUT2D eigenvalue weighted by Gasteiger charge is 2.54. The third kappa shape index (κ3) is 4.23. The second-order valence-electron chi connectivity index (χ2n) is 11.2. The lowest BCUT2D eigenvalue weighted by molar-refractivity contribution is -0.0139. The third-order valence-corrected chi connectivity index (χ3v) is 8.74. The van der Waals surface area contributed by atoms with E-state index in [4.69, 9.17) is 14.5 Å². The highest BCUT2D eigenvalue weighted by atomic mass is 16.5. The number of carbonyl (C=O) groups excluding carboxylic acids is 2. The average molecular weight is 564 g/mol. The molecule has 0 bridgehead atoms. The van der Waals surface area contributed by atoms with Crippen LogP contribution in [-0.4, -0.2) is 58.4 Å². The number of carboxylic acids is 1. The van der Waals surface area contributed by atoms with Crippen molar-refractivity contribution < 1.29 is 29.0 Å². The summed E-state index contributed by atoms with van der Waals surface area (Å²) in [4.78, 5) is 49.5. The van der Waals surface area contributed by atoms with E-state index in [1.807, 2.05) is 18.2 Å². The maximum Gasteiger partial charge on any atom is 0.337 e. The standard InChI is InChI=1S/C33H29N3O6/c1-41-27-16-25(36-29-21(18-5-6-18)3-2-4-22(27)29)31(38)28-30(37)23-15-19(20-9-12-35-17-24(20)32(39)40)7-8-26(23)42-33(28)10-13-34-14-11-33/h2-4,7-9,12,15-18,28,34H,5-6,10-11,13-14H2,1H3,(H,39,40). The quantitative estimate of drug-likeness (QED) is 0.244. The predicted molar refractivity (Wildman–Crippen MR) is 155 cm³/mol. The van der Waals surface area contributed by atoms with Crippen LogP contribution in [0, 0.1) is 5.92 Å². The van der Waals surface area contributed by atoms with Gasteiger partial charge < -0.3 is 19.9 Å². The number of pyridine rings is 2. The number of Topliss-reactive ketones (excluding diaryl/α,β-unsaturated/α-hetero) is 2. The SMILES string of the molecule is COc1cc(C(=O)C2C(=O)c3cc(-c4ccncc4C(=O)O)ccc3OC23CCNCC3)nc2c(C3CC3)cccc12. The van der Waals surface area contributed by atoms with Gasteiger partial charge in [-0.3, -0.25) is 14.6 Å². The zero-order valence-corrected chi connectivity index (χ0v) is 23.1. The van der Waals surface area contributed by atoms with Crippen molar-refractivity contribution in [1.82, 2.24) is 15.3 Å². The van der Waals surface area contributed by atoms with Crippen molar-refractivity contribution in [3.8, 4) is 22.6 Å². The monoisotopic (exact) mass is 563 g/mol. The fourth-order valence-electron chi connectivity index (χ4n) is 6.47. The molecule has 2 N–H and O–H groups in total. The fourth-order valence-corrected chi connectivity index (χ4v) is 6.47. The minimum atomic E-state index is -1.12. The van der Waals surface area contributed by atoms with Crippen molar-refractivity contribution in [2.75, 3.05) is 20.2 Å². The molecule has 7 rings (SSSR count). The number of fused-ring (bicyclic) bond motifs is 2. The Labute approximate surface area is 241 Å². The molecule has 1 unspecified atom stereocenters. The molecule has 4 aromatic rings. The van der Waals surface area contributed by atoms with Gasteiger partial charge in [0.2, 0.25) is 0 Å². The van der Waals surface area contributed by atoms with Gasteiger partial charge in [0.1, 0.15) is 28.7 Å². The molecule has 0 amide bonds. The number of ether oxygens (including phenoxy) is 2. The molecule has 9 heteroatoms. The molecule has 2 aromatic heterocycles. The Bertz CT molecular complexity index is 1770. The first kappa shape index (κ1) is 26.3. The minimum Gasteiger partial charge on any atom is -0.496 e. The summed E-state index contributed by atoms with van der Waals surface area (Å²) in [6.45, 7) is 1.20. The minimum absolute atomic E-state index is 0.0167. The lowest BCUT2D eigenvalue weighted by Crippen LogP contribution is -2.58. The molecule has 4 heterocycles. The molecule has 1 spiro atoms. The van der Waals surface area contributed by atoms with Crippen LogP contribution in [0.1, 0.15) is 68.4 Å². The topological polar surface area (TPSA) is 128 Å². The molecule has 2 aromatic carbocycles. The number of nitrogens with zero attached hydrogens (tertiary/aromatic N) is 2. The summed E-state index contributed by atoms with van der Waals surface area (Å²) < 4.78 is 12.3. The Morgan fingerprint density at radius 3 is 2.62 bits per heavy atom. The first-order valence-electron chi connectivity index (χ1n) is 14.2. The molecule has 1 atom stereocenters. The van der Waals surface area contributed by atoms with E-state index in [-0.39, 0.29) is 22.6 Å². The smallest absolute Gasteiger partial charge is 0.337 e. The molecule has 2 aliphatic heterocycles. The molecule has 0 radical (unpaired) electrons. The Balaban J connectivity index is 1.36. The number of aromatic nitrogens is 2.